The molecule has 0 N–H and O–H groups in total. The second-order valence-corrected chi connectivity index (χ2v) is 7.23. The van der Waals surface area contributed by atoms with Gasteiger partial charge in [-0.2, -0.15) is 5.10 Å². The first kappa shape index (κ1) is 21.9. The standard InChI is InChI=1S/C27H24N2O4/c1-31-24-13-8-20(9-14-24)10-17-26(30)33-19-22-18-29(23-6-4-3-5-7-23)28-27(22)21-11-15-25(32-2)16-12-21/h3-18H,19H2,1-2H3/b17-10+. The average molecular weight is 440 g/mol. The van der Waals surface area contributed by atoms with E-state index in [2.05, 4.69) is 0 Å². The van der Waals surface area contributed by atoms with Crippen LogP contribution >= 0.6 is 0 Å². The third kappa shape index (κ3) is 5.49. The molecule has 0 saturated carbocycles. The van der Waals surface area contributed by atoms with Gasteiger partial charge in [-0.1, -0.05) is 30.3 Å². The molecule has 0 unspecified atom stereocenters. The van der Waals surface area contributed by atoms with E-state index in [-0.39, 0.29) is 6.61 Å². The van der Waals surface area contributed by atoms with E-state index in [0.29, 0.717) is 0 Å². The van der Waals surface area contributed by atoms with Gasteiger partial charge in [0.05, 0.1) is 25.6 Å². The summed E-state index contributed by atoms with van der Waals surface area (Å²) in [4.78, 5) is 12.3. The van der Waals surface area contributed by atoms with E-state index < -0.39 is 5.97 Å². The summed E-state index contributed by atoms with van der Waals surface area (Å²) < 4.78 is 17.7. The van der Waals surface area contributed by atoms with Gasteiger partial charge in [-0.25, -0.2) is 9.48 Å². The van der Waals surface area contributed by atoms with Crippen molar-refractivity contribution in [3.63, 3.8) is 0 Å². The van der Waals surface area contributed by atoms with E-state index in [1.54, 1.807) is 25.0 Å². The largest absolute Gasteiger partial charge is 0.497 e. The number of nitrogens with zero attached hydrogens (tertiary/aromatic N) is 2. The molecule has 1 heterocycles. The number of hydrogen-bond donors (Lipinski definition) is 0. The molecule has 1 aromatic heterocycles. The second kappa shape index (κ2) is 10.3. The molecule has 33 heavy (non-hydrogen) atoms. The number of carbonyl (C=O) groups is 1. The quantitative estimate of drug-likeness (QED) is 0.274. The van der Waals surface area contributed by atoms with Crippen molar-refractivity contribution in [2.45, 2.75) is 6.61 Å². The Bertz CT molecular complexity index is 1230. The number of benzene rings is 3. The Morgan fingerprint density at radius 1 is 0.879 bits per heavy atom. The first-order valence-corrected chi connectivity index (χ1v) is 10.4. The topological polar surface area (TPSA) is 62.6 Å². The molecule has 6 nitrogen and oxygen atoms in total. The minimum atomic E-state index is -0.432. The fourth-order valence-corrected chi connectivity index (χ4v) is 3.30. The fraction of sp³-hybridized carbons (Fsp3) is 0.111. The zero-order chi connectivity index (χ0) is 23.0. The molecule has 0 radical (unpaired) electrons. The molecule has 0 aliphatic rings. The van der Waals surface area contributed by atoms with Gasteiger partial charge in [0.2, 0.25) is 0 Å². The number of rotatable bonds is 8. The molecular weight excluding hydrogens is 416 g/mol. The third-order valence-corrected chi connectivity index (χ3v) is 5.07. The van der Waals surface area contributed by atoms with Gasteiger partial charge in [0.15, 0.2) is 0 Å². The summed E-state index contributed by atoms with van der Waals surface area (Å²) in [6, 6.07) is 24.8. The van der Waals surface area contributed by atoms with Crippen LogP contribution in [0.15, 0.2) is 91.1 Å². The van der Waals surface area contributed by atoms with Gasteiger partial charge >= 0.3 is 5.97 Å². The van der Waals surface area contributed by atoms with E-state index in [1.807, 2.05) is 85.1 Å². The Balaban J connectivity index is 1.53. The van der Waals surface area contributed by atoms with Crippen LogP contribution < -0.4 is 9.47 Å². The van der Waals surface area contributed by atoms with Gasteiger partial charge in [0, 0.05) is 23.4 Å². The van der Waals surface area contributed by atoms with E-state index in [9.17, 15) is 4.79 Å². The number of esters is 1. The highest BCUT2D eigenvalue weighted by Gasteiger charge is 2.14. The number of hydrogen-bond acceptors (Lipinski definition) is 5. The highest BCUT2D eigenvalue weighted by atomic mass is 16.5. The molecule has 0 spiro atoms. The van der Waals surface area contributed by atoms with Crippen molar-refractivity contribution in [1.29, 1.82) is 0 Å². The Kier molecular flexibility index (Phi) is 6.85. The van der Waals surface area contributed by atoms with Crippen molar-refractivity contribution in [2.24, 2.45) is 0 Å². The van der Waals surface area contributed by atoms with Crippen LogP contribution in [0.5, 0.6) is 11.5 Å². The number of methoxy groups -OCH3 is 2. The zero-order valence-corrected chi connectivity index (χ0v) is 18.5. The van der Waals surface area contributed by atoms with Crippen LogP contribution in [-0.4, -0.2) is 30.0 Å². The monoisotopic (exact) mass is 440 g/mol. The van der Waals surface area contributed by atoms with Gasteiger partial charge in [-0.05, 0) is 60.2 Å². The molecule has 4 rings (SSSR count). The molecule has 0 aliphatic heterocycles. The van der Waals surface area contributed by atoms with Crippen molar-refractivity contribution in [3.05, 3.63) is 102 Å². The second-order valence-electron chi connectivity index (χ2n) is 7.23. The number of aromatic nitrogens is 2. The lowest BCUT2D eigenvalue weighted by atomic mass is 10.1. The number of carbonyl (C=O) groups excluding carboxylic acids is 1. The Hall–Kier alpha value is -4.32. The van der Waals surface area contributed by atoms with Gasteiger partial charge in [0.1, 0.15) is 18.1 Å². The predicted molar refractivity (Wildman–Crippen MR) is 127 cm³/mol. The highest BCUT2D eigenvalue weighted by molar-refractivity contribution is 5.87. The lowest BCUT2D eigenvalue weighted by Gasteiger charge is -2.05. The van der Waals surface area contributed by atoms with Crippen LogP contribution in [0.4, 0.5) is 0 Å². The molecule has 0 aliphatic carbocycles. The first-order chi connectivity index (χ1) is 16.2. The number of para-hydroxylation sites is 1. The van der Waals surface area contributed by atoms with Gasteiger partial charge in [0.25, 0.3) is 0 Å². The van der Waals surface area contributed by atoms with Crippen LogP contribution in [0.3, 0.4) is 0 Å². The molecule has 166 valence electrons. The van der Waals surface area contributed by atoms with E-state index in [4.69, 9.17) is 19.3 Å². The predicted octanol–water partition coefficient (Wildman–Crippen LogP) is 5.31. The van der Waals surface area contributed by atoms with Crippen molar-refractivity contribution in [2.75, 3.05) is 14.2 Å². The molecule has 0 bridgehead atoms. The SMILES string of the molecule is COc1ccc(/C=C/C(=O)OCc2cn(-c3ccccc3)nc2-c2ccc(OC)cc2)cc1. The summed E-state index contributed by atoms with van der Waals surface area (Å²) >= 11 is 0. The van der Waals surface area contributed by atoms with Crippen LogP contribution in [0.2, 0.25) is 0 Å². The maximum atomic E-state index is 12.3. The maximum Gasteiger partial charge on any atom is 0.331 e. The van der Waals surface area contributed by atoms with E-state index in [0.717, 1.165) is 39.6 Å². The van der Waals surface area contributed by atoms with Crippen LogP contribution in [0.25, 0.3) is 23.0 Å². The molecular formula is C27H24N2O4. The van der Waals surface area contributed by atoms with Crippen molar-refractivity contribution in [3.8, 4) is 28.4 Å². The summed E-state index contributed by atoms with van der Waals surface area (Å²) in [5, 5.41) is 4.75. The molecule has 0 amide bonds. The minimum Gasteiger partial charge on any atom is -0.497 e. The molecule has 6 heteroatoms. The molecule has 4 aromatic rings. The number of ether oxygens (including phenoxy) is 3. The molecule has 0 atom stereocenters. The molecule has 0 saturated heterocycles. The van der Waals surface area contributed by atoms with Gasteiger partial charge in [-0.15, -0.1) is 0 Å². The molecule has 0 fully saturated rings. The molecule has 3 aromatic carbocycles. The zero-order valence-electron chi connectivity index (χ0n) is 18.5. The smallest absolute Gasteiger partial charge is 0.331 e. The van der Waals surface area contributed by atoms with Crippen molar-refractivity contribution in [1.82, 2.24) is 9.78 Å². The van der Waals surface area contributed by atoms with Gasteiger partial charge < -0.3 is 14.2 Å². The first-order valence-electron chi connectivity index (χ1n) is 10.4. The summed E-state index contributed by atoms with van der Waals surface area (Å²) in [5.41, 5.74) is 4.25. The van der Waals surface area contributed by atoms with Crippen molar-refractivity contribution >= 4 is 12.0 Å². The van der Waals surface area contributed by atoms with Crippen LogP contribution in [0.1, 0.15) is 11.1 Å². The summed E-state index contributed by atoms with van der Waals surface area (Å²) in [7, 11) is 3.24. The lowest BCUT2D eigenvalue weighted by Crippen LogP contribution is -2.01. The van der Waals surface area contributed by atoms with Crippen molar-refractivity contribution < 1.29 is 19.0 Å². The maximum absolute atomic E-state index is 12.3. The van der Waals surface area contributed by atoms with Crippen LogP contribution in [0, 0.1) is 0 Å². The normalized spacial score (nSPS) is 10.8. The summed E-state index contributed by atoms with van der Waals surface area (Å²) in [5.74, 6) is 1.09. The Labute approximate surface area is 192 Å². The van der Waals surface area contributed by atoms with E-state index in [1.165, 1.54) is 6.08 Å². The minimum absolute atomic E-state index is 0.0972. The van der Waals surface area contributed by atoms with E-state index >= 15 is 0 Å². The summed E-state index contributed by atoms with van der Waals surface area (Å²) in [6.07, 6.45) is 5.01. The third-order valence-electron chi connectivity index (χ3n) is 5.07. The lowest BCUT2D eigenvalue weighted by molar-refractivity contribution is -0.138. The Morgan fingerprint density at radius 2 is 1.52 bits per heavy atom. The fourth-order valence-electron chi connectivity index (χ4n) is 3.30. The van der Waals surface area contributed by atoms with Crippen LogP contribution in [-0.2, 0) is 16.1 Å². The Morgan fingerprint density at radius 3 is 2.15 bits per heavy atom. The average Bonchev–Trinajstić information content (AvgIpc) is 3.31. The highest BCUT2D eigenvalue weighted by Crippen LogP contribution is 2.26. The summed E-state index contributed by atoms with van der Waals surface area (Å²) in [6.45, 7) is 0.0972. The van der Waals surface area contributed by atoms with Gasteiger partial charge in [-0.3, -0.25) is 0 Å².